The van der Waals surface area contributed by atoms with Crippen LogP contribution in [0, 0.1) is 13.8 Å². The minimum Gasteiger partial charge on any atom is -0.343 e. The summed E-state index contributed by atoms with van der Waals surface area (Å²) < 4.78 is 0. The molecule has 1 aromatic carbocycles. The second-order valence-electron chi connectivity index (χ2n) is 5.83. The van der Waals surface area contributed by atoms with Gasteiger partial charge in [-0.1, -0.05) is 17.7 Å². The van der Waals surface area contributed by atoms with Crippen LogP contribution < -0.4 is 5.32 Å². The molecule has 122 valence electrons. The van der Waals surface area contributed by atoms with Gasteiger partial charge in [-0.15, -0.1) is 11.3 Å². The van der Waals surface area contributed by atoms with Crippen molar-refractivity contribution < 1.29 is 4.79 Å². The summed E-state index contributed by atoms with van der Waals surface area (Å²) in [6.07, 6.45) is 3.53. The molecule has 4 nitrogen and oxygen atoms in total. The number of nitrogens with zero attached hydrogens (tertiary/aromatic N) is 2. The van der Waals surface area contributed by atoms with E-state index < -0.39 is 0 Å². The Morgan fingerprint density at radius 3 is 2.83 bits per heavy atom. The highest BCUT2D eigenvalue weighted by Gasteiger charge is 2.16. The molecule has 2 aromatic heterocycles. The van der Waals surface area contributed by atoms with Gasteiger partial charge in [-0.05, 0) is 44.5 Å². The third-order valence-electron chi connectivity index (χ3n) is 3.83. The van der Waals surface area contributed by atoms with Gasteiger partial charge in [0.25, 0.3) is 5.91 Å². The standard InChI is InChI=1S/C19H19N3OS/c1-12-6-7-13(2)16(9-12)18(23)21-14(3)19-22-17(11-24-19)15-5-4-8-20-10-15/h4-11,14H,1-3H3,(H,21,23). The Balaban J connectivity index is 1.75. The van der Waals surface area contributed by atoms with Crippen LogP contribution in [0.5, 0.6) is 0 Å². The van der Waals surface area contributed by atoms with Crippen LogP contribution in [0.15, 0.2) is 48.1 Å². The van der Waals surface area contributed by atoms with Gasteiger partial charge in [0.05, 0.1) is 11.7 Å². The SMILES string of the molecule is Cc1ccc(C)c(C(=O)NC(C)c2nc(-c3cccnc3)cs2)c1. The van der Waals surface area contributed by atoms with Crippen LogP contribution in [0.25, 0.3) is 11.3 Å². The van der Waals surface area contributed by atoms with Crippen LogP contribution in [0.3, 0.4) is 0 Å². The predicted molar refractivity (Wildman–Crippen MR) is 97.1 cm³/mol. The maximum absolute atomic E-state index is 12.5. The first-order valence-electron chi connectivity index (χ1n) is 7.78. The fraction of sp³-hybridized carbons (Fsp3) is 0.211. The molecule has 0 fully saturated rings. The van der Waals surface area contributed by atoms with Crippen LogP contribution in [0.2, 0.25) is 0 Å². The number of hydrogen-bond donors (Lipinski definition) is 1. The third kappa shape index (κ3) is 3.51. The molecular weight excluding hydrogens is 318 g/mol. The molecule has 1 unspecified atom stereocenters. The lowest BCUT2D eigenvalue weighted by Gasteiger charge is -2.13. The van der Waals surface area contributed by atoms with Gasteiger partial charge in [-0.2, -0.15) is 0 Å². The van der Waals surface area contributed by atoms with Crippen LogP contribution in [-0.2, 0) is 0 Å². The highest BCUT2D eigenvalue weighted by molar-refractivity contribution is 7.10. The fourth-order valence-electron chi connectivity index (χ4n) is 2.45. The van der Waals surface area contributed by atoms with E-state index in [4.69, 9.17) is 0 Å². The molecular formula is C19H19N3OS. The summed E-state index contributed by atoms with van der Waals surface area (Å²) in [6, 6.07) is 9.62. The van der Waals surface area contributed by atoms with Gasteiger partial charge in [0, 0.05) is 28.9 Å². The van der Waals surface area contributed by atoms with Crippen molar-refractivity contribution in [1.82, 2.24) is 15.3 Å². The summed E-state index contributed by atoms with van der Waals surface area (Å²) in [5.74, 6) is -0.0678. The van der Waals surface area contributed by atoms with E-state index in [1.165, 1.54) is 0 Å². The number of benzene rings is 1. The van der Waals surface area contributed by atoms with Crippen molar-refractivity contribution in [3.05, 3.63) is 69.8 Å². The molecule has 2 heterocycles. The van der Waals surface area contributed by atoms with Crippen molar-refractivity contribution in [2.45, 2.75) is 26.8 Å². The molecule has 1 atom stereocenters. The van der Waals surface area contributed by atoms with E-state index in [1.54, 1.807) is 23.7 Å². The molecule has 0 aliphatic heterocycles. The summed E-state index contributed by atoms with van der Waals surface area (Å²) in [4.78, 5) is 21.3. The first kappa shape index (κ1) is 16.3. The Morgan fingerprint density at radius 2 is 2.08 bits per heavy atom. The molecule has 0 saturated carbocycles. The van der Waals surface area contributed by atoms with Crippen LogP contribution in [0.1, 0.15) is 39.5 Å². The van der Waals surface area contributed by atoms with E-state index in [9.17, 15) is 4.79 Å². The Labute approximate surface area is 145 Å². The maximum Gasteiger partial charge on any atom is 0.252 e. The molecule has 0 spiro atoms. The Morgan fingerprint density at radius 1 is 1.25 bits per heavy atom. The minimum absolute atomic E-state index is 0.0678. The number of hydrogen-bond acceptors (Lipinski definition) is 4. The van der Waals surface area contributed by atoms with Crippen molar-refractivity contribution in [1.29, 1.82) is 0 Å². The van der Waals surface area contributed by atoms with E-state index in [1.807, 2.05) is 56.5 Å². The number of rotatable bonds is 4. The zero-order valence-electron chi connectivity index (χ0n) is 13.9. The lowest BCUT2D eigenvalue weighted by molar-refractivity contribution is 0.0939. The summed E-state index contributed by atoms with van der Waals surface area (Å²) in [5, 5.41) is 5.91. The monoisotopic (exact) mass is 337 g/mol. The molecule has 1 N–H and O–H groups in total. The highest BCUT2D eigenvalue weighted by atomic mass is 32.1. The molecule has 0 radical (unpaired) electrons. The molecule has 1 amide bonds. The van der Waals surface area contributed by atoms with Gasteiger partial charge in [0.15, 0.2) is 0 Å². The van der Waals surface area contributed by atoms with Gasteiger partial charge in [0.1, 0.15) is 5.01 Å². The van der Waals surface area contributed by atoms with Crippen molar-refractivity contribution in [2.24, 2.45) is 0 Å². The van der Waals surface area contributed by atoms with Gasteiger partial charge in [-0.25, -0.2) is 4.98 Å². The number of carbonyl (C=O) groups is 1. The van der Waals surface area contributed by atoms with E-state index in [-0.39, 0.29) is 11.9 Å². The largest absolute Gasteiger partial charge is 0.343 e. The molecule has 5 heteroatoms. The van der Waals surface area contributed by atoms with E-state index >= 15 is 0 Å². The normalized spacial score (nSPS) is 12.0. The number of nitrogens with one attached hydrogen (secondary N) is 1. The summed E-state index contributed by atoms with van der Waals surface area (Å²) >= 11 is 1.54. The summed E-state index contributed by atoms with van der Waals surface area (Å²) in [5.41, 5.74) is 4.63. The molecule has 0 aliphatic carbocycles. The number of amides is 1. The average molecular weight is 337 g/mol. The quantitative estimate of drug-likeness (QED) is 0.771. The predicted octanol–water partition coefficient (Wildman–Crippen LogP) is 4.31. The van der Waals surface area contributed by atoms with Crippen molar-refractivity contribution in [3.63, 3.8) is 0 Å². The van der Waals surface area contributed by atoms with Gasteiger partial charge in [-0.3, -0.25) is 9.78 Å². The molecule has 0 aliphatic rings. The van der Waals surface area contributed by atoms with E-state index in [0.29, 0.717) is 5.56 Å². The van der Waals surface area contributed by atoms with Crippen LogP contribution >= 0.6 is 11.3 Å². The summed E-state index contributed by atoms with van der Waals surface area (Å²) in [6.45, 7) is 5.89. The first-order valence-corrected chi connectivity index (χ1v) is 8.66. The Kier molecular flexibility index (Phi) is 4.71. The lowest BCUT2D eigenvalue weighted by Crippen LogP contribution is -2.27. The Bertz CT molecular complexity index is 858. The van der Waals surface area contributed by atoms with Crippen molar-refractivity contribution in [2.75, 3.05) is 0 Å². The fourth-order valence-corrected chi connectivity index (χ4v) is 3.29. The molecule has 3 rings (SSSR count). The smallest absolute Gasteiger partial charge is 0.252 e. The summed E-state index contributed by atoms with van der Waals surface area (Å²) in [7, 11) is 0. The average Bonchev–Trinajstić information content (AvgIpc) is 3.08. The Hall–Kier alpha value is -2.53. The van der Waals surface area contributed by atoms with E-state index in [0.717, 1.165) is 27.4 Å². The van der Waals surface area contributed by atoms with Gasteiger partial charge in [0.2, 0.25) is 0 Å². The molecule has 24 heavy (non-hydrogen) atoms. The van der Waals surface area contributed by atoms with Crippen molar-refractivity contribution in [3.8, 4) is 11.3 Å². The third-order valence-corrected chi connectivity index (χ3v) is 4.86. The zero-order valence-corrected chi connectivity index (χ0v) is 14.7. The minimum atomic E-state index is -0.146. The molecule has 0 bridgehead atoms. The van der Waals surface area contributed by atoms with Crippen LogP contribution in [0.4, 0.5) is 0 Å². The number of aromatic nitrogens is 2. The van der Waals surface area contributed by atoms with Crippen molar-refractivity contribution >= 4 is 17.2 Å². The van der Waals surface area contributed by atoms with Gasteiger partial charge < -0.3 is 5.32 Å². The highest BCUT2D eigenvalue weighted by Crippen LogP contribution is 2.25. The first-order chi connectivity index (χ1) is 11.5. The zero-order chi connectivity index (χ0) is 17.1. The number of pyridine rings is 1. The van der Waals surface area contributed by atoms with E-state index in [2.05, 4.69) is 15.3 Å². The number of aryl methyl sites for hydroxylation is 2. The number of carbonyl (C=O) groups excluding carboxylic acids is 1. The second kappa shape index (κ2) is 6.93. The number of thiazole rings is 1. The molecule has 0 saturated heterocycles. The second-order valence-corrected chi connectivity index (χ2v) is 6.72. The van der Waals surface area contributed by atoms with Gasteiger partial charge >= 0.3 is 0 Å². The molecule has 3 aromatic rings. The van der Waals surface area contributed by atoms with Crippen LogP contribution in [-0.4, -0.2) is 15.9 Å². The topological polar surface area (TPSA) is 54.9 Å². The lowest BCUT2D eigenvalue weighted by atomic mass is 10.0. The maximum atomic E-state index is 12.5.